The first-order valence-electron chi connectivity index (χ1n) is 12.4. The van der Waals surface area contributed by atoms with Gasteiger partial charge in [-0.25, -0.2) is 4.90 Å². The number of thioether (sulfide) groups is 1. The first-order valence-corrected chi connectivity index (χ1v) is 14.5. The van der Waals surface area contributed by atoms with Crippen LogP contribution in [0, 0.1) is 12.8 Å². The van der Waals surface area contributed by atoms with Crippen LogP contribution in [0.2, 0.25) is 5.02 Å². The number of nitrogens with one attached hydrogen (secondary N) is 2. The van der Waals surface area contributed by atoms with Gasteiger partial charge in [-0.2, -0.15) is 0 Å². The second-order valence-electron chi connectivity index (χ2n) is 9.51. The Kier molecular flexibility index (Phi) is 6.99. The summed E-state index contributed by atoms with van der Waals surface area (Å²) >= 11 is 8.17. The SMILES string of the molecule is Cc1ccc(N2C(=O)C3Sc4[nH]c(=O)sc4[C@H](c4cccc(OCC(=O)Nc5ccc(Cl)cc5)c4)C3C2=O)cc1. The lowest BCUT2D eigenvalue weighted by molar-refractivity contribution is -0.122. The van der Waals surface area contributed by atoms with Crippen LogP contribution >= 0.6 is 34.7 Å². The summed E-state index contributed by atoms with van der Waals surface area (Å²) < 4.78 is 5.78. The van der Waals surface area contributed by atoms with Gasteiger partial charge in [0.1, 0.15) is 11.0 Å². The predicted octanol–water partition coefficient (Wildman–Crippen LogP) is 5.21. The van der Waals surface area contributed by atoms with E-state index in [2.05, 4.69) is 10.3 Å². The van der Waals surface area contributed by atoms with E-state index in [1.54, 1.807) is 54.6 Å². The van der Waals surface area contributed by atoms with Crippen molar-refractivity contribution in [1.82, 2.24) is 4.98 Å². The second kappa shape index (κ2) is 10.6. The van der Waals surface area contributed by atoms with Crippen molar-refractivity contribution in [3.8, 4) is 5.75 Å². The molecule has 2 aliphatic rings. The summed E-state index contributed by atoms with van der Waals surface area (Å²) in [5, 5.41) is 3.22. The monoisotopic (exact) mass is 591 g/mol. The highest BCUT2D eigenvalue weighted by atomic mass is 35.5. The highest BCUT2D eigenvalue weighted by Gasteiger charge is 2.56. The number of thiazole rings is 1. The lowest BCUT2D eigenvalue weighted by atomic mass is 9.83. The van der Waals surface area contributed by atoms with E-state index in [1.165, 1.54) is 16.7 Å². The number of amides is 3. The first-order chi connectivity index (χ1) is 19.3. The number of fused-ring (bicyclic) bond motifs is 2. The van der Waals surface area contributed by atoms with Crippen LogP contribution in [0.3, 0.4) is 0 Å². The number of ether oxygens (including phenoxy) is 1. The number of benzene rings is 3. The van der Waals surface area contributed by atoms with Crippen molar-refractivity contribution in [3.05, 3.63) is 103 Å². The number of H-pyrrole nitrogens is 1. The van der Waals surface area contributed by atoms with Crippen LogP contribution in [-0.4, -0.2) is 34.6 Å². The number of aryl methyl sites for hydroxylation is 1. The summed E-state index contributed by atoms with van der Waals surface area (Å²) in [5.74, 6) is -1.78. The third kappa shape index (κ3) is 4.94. The van der Waals surface area contributed by atoms with Crippen LogP contribution in [0.25, 0.3) is 0 Å². The van der Waals surface area contributed by atoms with E-state index in [0.717, 1.165) is 16.9 Å². The number of aromatic amines is 1. The summed E-state index contributed by atoms with van der Waals surface area (Å²) in [6.45, 7) is 1.70. The zero-order chi connectivity index (χ0) is 28.0. The third-order valence-electron chi connectivity index (χ3n) is 6.83. The molecule has 0 aliphatic carbocycles. The molecule has 8 nitrogen and oxygen atoms in total. The summed E-state index contributed by atoms with van der Waals surface area (Å²) in [6, 6.07) is 21.1. The molecule has 0 saturated carbocycles. The smallest absolute Gasteiger partial charge is 0.305 e. The van der Waals surface area contributed by atoms with Crippen LogP contribution < -0.4 is 19.8 Å². The molecule has 1 fully saturated rings. The molecule has 3 heterocycles. The van der Waals surface area contributed by atoms with Gasteiger partial charge in [-0.15, -0.1) is 0 Å². The van der Waals surface area contributed by atoms with E-state index in [4.69, 9.17) is 16.3 Å². The van der Waals surface area contributed by atoms with Crippen molar-refractivity contribution in [2.75, 3.05) is 16.8 Å². The summed E-state index contributed by atoms with van der Waals surface area (Å²) in [4.78, 5) is 56.8. The number of imide groups is 1. The van der Waals surface area contributed by atoms with Crippen molar-refractivity contribution in [1.29, 1.82) is 0 Å². The number of nitrogens with zero attached hydrogens (tertiary/aromatic N) is 1. The van der Waals surface area contributed by atoms with Crippen LogP contribution in [0.1, 0.15) is 21.9 Å². The number of aromatic nitrogens is 1. The quantitative estimate of drug-likeness (QED) is 0.298. The Morgan fingerprint density at radius 1 is 1.02 bits per heavy atom. The van der Waals surface area contributed by atoms with Crippen LogP contribution in [-0.2, 0) is 14.4 Å². The number of hydrogen-bond acceptors (Lipinski definition) is 7. The van der Waals surface area contributed by atoms with Gasteiger partial charge in [-0.3, -0.25) is 19.2 Å². The molecule has 1 aromatic heterocycles. The maximum atomic E-state index is 13.8. The summed E-state index contributed by atoms with van der Waals surface area (Å²) in [6.07, 6.45) is 0. The molecule has 3 aromatic carbocycles. The van der Waals surface area contributed by atoms with Crippen LogP contribution in [0.4, 0.5) is 11.4 Å². The molecular weight excluding hydrogens is 570 g/mol. The fourth-order valence-corrected chi connectivity index (χ4v) is 7.64. The number of carbonyl (C=O) groups is 3. The van der Waals surface area contributed by atoms with Crippen LogP contribution in [0.5, 0.6) is 5.75 Å². The molecule has 2 unspecified atom stereocenters. The van der Waals surface area contributed by atoms with Gasteiger partial charge in [0, 0.05) is 21.5 Å². The molecule has 1 saturated heterocycles. The molecule has 6 rings (SSSR count). The van der Waals surface area contributed by atoms with Crippen molar-refractivity contribution in [2.24, 2.45) is 5.92 Å². The number of anilines is 2. The molecule has 11 heteroatoms. The number of hydrogen-bond donors (Lipinski definition) is 2. The minimum Gasteiger partial charge on any atom is -0.484 e. The molecule has 4 aromatic rings. The number of rotatable bonds is 6. The molecule has 2 N–H and O–H groups in total. The second-order valence-corrected chi connectivity index (χ2v) is 12.1. The molecule has 3 amide bonds. The fraction of sp³-hybridized carbons (Fsp3) is 0.172. The zero-order valence-electron chi connectivity index (χ0n) is 21.1. The Balaban J connectivity index is 1.28. The van der Waals surface area contributed by atoms with Crippen molar-refractivity contribution in [3.63, 3.8) is 0 Å². The maximum absolute atomic E-state index is 13.8. The average molecular weight is 592 g/mol. The van der Waals surface area contributed by atoms with Gasteiger partial charge >= 0.3 is 4.87 Å². The molecule has 2 aliphatic heterocycles. The summed E-state index contributed by atoms with van der Waals surface area (Å²) in [7, 11) is 0. The third-order valence-corrected chi connectivity index (χ3v) is 9.48. The van der Waals surface area contributed by atoms with E-state index in [1.807, 2.05) is 25.1 Å². The molecule has 0 radical (unpaired) electrons. The average Bonchev–Trinajstić information content (AvgIpc) is 3.43. The van der Waals surface area contributed by atoms with Gasteiger partial charge in [0.25, 0.3) is 5.91 Å². The zero-order valence-corrected chi connectivity index (χ0v) is 23.4. The normalized spacial score (nSPS) is 19.8. The van der Waals surface area contributed by atoms with E-state index >= 15 is 0 Å². The number of carbonyl (C=O) groups excluding carboxylic acids is 3. The summed E-state index contributed by atoms with van der Waals surface area (Å²) in [5.41, 5.74) is 2.85. The van der Waals surface area contributed by atoms with Crippen molar-refractivity contribution in [2.45, 2.75) is 23.1 Å². The van der Waals surface area contributed by atoms with Crippen molar-refractivity contribution >= 4 is 63.8 Å². The molecule has 40 heavy (non-hydrogen) atoms. The van der Waals surface area contributed by atoms with Crippen molar-refractivity contribution < 1.29 is 19.1 Å². The lowest BCUT2D eigenvalue weighted by Crippen LogP contribution is -2.32. The van der Waals surface area contributed by atoms with Gasteiger partial charge < -0.3 is 15.0 Å². The predicted molar refractivity (Wildman–Crippen MR) is 156 cm³/mol. The Bertz CT molecular complexity index is 1680. The highest BCUT2D eigenvalue weighted by molar-refractivity contribution is 8.00. The lowest BCUT2D eigenvalue weighted by Gasteiger charge is -2.30. The highest BCUT2D eigenvalue weighted by Crippen LogP contribution is 2.53. The largest absolute Gasteiger partial charge is 0.484 e. The van der Waals surface area contributed by atoms with Crippen LogP contribution in [0.15, 0.2) is 82.6 Å². The molecule has 3 atom stereocenters. The van der Waals surface area contributed by atoms with Gasteiger partial charge in [-0.05, 0) is 61.0 Å². The van der Waals surface area contributed by atoms with E-state index in [-0.39, 0.29) is 29.2 Å². The Morgan fingerprint density at radius 2 is 1.77 bits per heavy atom. The standard InChI is InChI=1S/C29H22ClN3O5S2/c1-15-5-11-19(12-6-15)33-27(35)23-22(24-26(32-29(37)40-24)39-25(23)28(33)36)16-3-2-4-20(13-16)38-14-21(34)31-18-9-7-17(30)8-10-18/h2-13,22-23,25H,14H2,1H3,(H,31,34)(H,32,37)/t22-,23?,25?/m1/s1. The van der Waals surface area contributed by atoms with Gasteiger partial charge in [-0.1, -0.05) is 64.5 Å². The minimum atomic E-state index is -0.707. The van der Waals surface area contributed by atoms with E-state index in [9.17, 15) is 19.2 Å². The molecule has 0 spiro atoms. The molecule has 202 valence electrons. The topological polar surface area (TPSA) is 109 Å². The van der Waals surface area contributed by atoms with E-state index < -0.39 is 17.1 Å². The number of halogens is 1. The van der Waals surface area contributed by atoms with Gasteiger partial charge in [0.05, 0.1) is 16.6 Å². The van der Waals surface area contributed by atoms with Gasteiger partial charge in [0.2, 0.25) is 11.8 Å². The maximum Gasteiger partial charge on any atom is 0.305 e. The Morgan fingerprint density at radius 3 is 2.52 bits per heavy atom. The van der Waals surface area contributed by atoms with Gasteiger partial charge in [0.15, 0.2) is 6.61 Å². The fourth-order valence-electron chi connectivity index (χ4n) is 5.00. The Hall–Kier alpha value is -3.86. The minimum absolute atomic E-state index is 0.236. The molecular formula is C29H22ClN3O5S2. The Labute approximate surface area is 242 Å². The molecule has 0 bridgehead atoms. The first kappa shape index (κ1) is 26.4. The van der Waals surface area contributed by atoms with E-state index in [0.29, 0.717) is 37.6 Å².